The topological polar surface area (TPSA) is 29.9 Å². The van der Waals surface area contributed by atoms with Gasteiger partial charge in [-0.05, 0) is 18.6 Å². The molecule has 3 heteroatoms. The summed E-state index contributed by atoms with van der Waals surface area (Å²) in [6.07, 6.45) is 7.10. The molecule has 94 valence electrons. The number of imidazole rings is 1. The summed E-state index contributed by atoms with van der Waals surface area (Å²) in [7, 11) is 0. The maximum Gasteiger partial charge on any atom is 0.123 e. The van der Waals surface area contributed by atoms with Gasteiger partial charge < -0.3 is 9.88 Å². The second-order valence-electron chi connectivity index (χ2n) is 4.30. The summed E-state index contributed by atoms with van der Waals surface area (Å²) >= 11 is 0. The van der Waals surface area contributed by atoms with E-state index in [0.717, 1.165) is 43.8 Å². The molecule has 0 unspecified atom stereocenters. The molecule has 3 nitrogen and oxygen atoms in total. The van der Waals surface area contributed by atoms with Gasteiger partial charge in [-0.15, -0.1) is 12.3 Å². The summed E-state index contributed by atoms with van der Waals surface area (Å²) in [5.41, 5.74) is 2.28. The van der Waals surface area contributed by atoms with Crippen LogP contribution in [0.15, 0.2) is 24.3 Å². The molecular formula is C15H19N3. The largest absolute Gasteiger partial charge is 0.327 e. The highest BCUT2D eigenvalue weighted by Gasteiger charge is 2.08. The minimum Gasteiger partial charge on any atom is -0.327 e. The molecule has 0 aliphatic carbocycles. The van der Waals surface area contributed by atoms with Crippen LogP contribution < -0.4 is 5.32 Å². The number of aryl methyl sites for hydroxylation is 1. The van der Waals surface area contributed by atoms with Gasteiger partial charge in [0, 0.05) is 19.5 Å². The molecule has 1 N–H and O–H groups in total. The maximum atomic E-state index is 5.24. The number of para-hydroxylation sites is 2. The van der Waals surface area contributed by atoms with E-state index in [4.69, 9.17) is 6.42 Å². The predicted molar refractivity (Wildman–Crippen MR) is 75.2 cm³/mol. The average molecular weight is 241 g/mol. The standard InChI is InChI=1S/C15H19N3/c1-3-5-10-16-12-15-17-13-8-6-7-9-14(13)18(15)11-4-2/h1,6-9,16H,4-5,10-12H2,2H3. The lowest BCUT2D eigenvalue weighted by molar-refractivity contribution is 0.603. The fraction of sp³-hybridized carbons (Fsp3) is 0.400. The van der Waals surface area contributed by atoms with E-state index in [-0.39, 0.29) is 0 Å². The van der Waals surface area contributed by atoms with E-state index in [0.29, 0.717) is 0 Å². The Morgan fingerprint density at radius 1 is 1.39 bits per heavy atom. The highest BCUT2D eigenvalue weighted by molar-refractivity contribution is 5.75. The Kier molecular flexibility index (Phi) is 4.38. The van der Waals surface area contributed by atoms with Crippen LogP contribution in [-0.2, 0) is 13.1 Å². The van der Waals surface area contributed by atoms with Gasteiger partial charge >= 0.3 is 0 Å². The van der Waals surface area contributed by atoms with Crippen LogP contribution in [0.5, 0.6) is 0 Å². The van der Waals surface area contributed by atoms with Gasteiger partial charge in [0.25, 0.3) is 0 Å². The fourth-order valence-electron chi connectivity index (χ4n) is 2.09. The highest BCUT2D eigenvalue weighted by atomic mass is 15.1. The van der Waals surface area contributed by atoms with E-state index in [1.54, 1.807) is 0 Å². The second-order valence-corrected chi connectivity index (χ2v) is 4.30. The van der Waals surface area contributed by atoms with Gasteiger partial charge in [-0.2, -0.15) is 0 Å². The fourth-order valence-corrected chi connectivity index (χ4v) is 2.09. The van der Waals surface area contributed by atoms with Crippen LogP contribution >= 0.6 is 0 Å². The van der Waals surface area contributed by atoms with Gasteiger partial charge in [0.1, 0.15) is 5.82 Å². The highest BCUT2D eigenvalue weighted by Crippen LogP contribution is 2.16. The molecule has 1 aromatic carbocycles. The van der Waals surface area contributed by atoms with Crippen LogP contribution in [0.2, 0.25) is 0 Å². The van der Waals surface area contributed by atoms with Crippen LogP contribution in [0, 0.1) is 12.3 Å². The number of benzene rings is 1. The molecule has 0 aliphatic heterocycles. The van der Waals surface area contributed by atoms with Crippen molar-refractivity contribution in [3.05, 3.63) is 30.1 Å². The number of rotatable bonds is 6. The summed E-state index contributed by atoms with van der Waals surface area (Å²) in [5.74, 6) is 3.72. The molecule has 0 fully saturated rings. The quantitative estimate of drug-likeness (QED) is 0.622. The summed E-state index contributed by atoms with van der Waals surface area (Å²) in [6, 6.07) is 8.28. The van der Waals surface area contributed by atoms with Gasteiger partial charge in [-0.1, -0.05) is 19.1 Å². The molecule has 0 saturated carbocycles. The number of terminal acetylenes is 1. The number of fused-ring (bicyclic) bond motifs is 1. The number of nitrogens with one attached hydrogen (secondary N) is 1. The zero-order chi connectivity index (χ0) is 12.8. The van der Waals surface area contributed by atoms with E-state index in [1.165, 1.54) is 5.52 Å². The molecule has 1 aromatic heterocycles. The molecule has 0 amide bonds. The third-order valence-electron chi connectivity index (χ3n) is 2.91. The lowest BCUT2D eigenvalue weighted by Gasteiger charge is -2.08. The number of nitrogens with zero attached hydrogens (tertiary/aromatic N) is 2. The molecule has 0 radical (unpaired) electrons. The van der Waals surface area contributed by atoms with Crippen LogP contribution in [0.4, 0.5) is 0 Å². The SMILES string of the molecule is C#CCCNCc1nc2ccccc2n1CCC. The predicted octanol–water partition coefficient (Wildman–Crippen LogP) is 2.56. The van der Waals surface area contributed by atoms with Gasteiger partial charge in [0.15, 0.2) is 0 Å². The third kappa shape index (κ3) is 2.72. The lowest BCUT2D eigenvalue weighted by Crippen LogP contribution is -2.18. The Morgan fingerprint density at radius 2 is 2.22 bits per heavy atom. The van der Waals surface area contributed by atoms with Crippen LogP contribution in [0.25, 0.3) is 11.0 Å². The first-order chi connectivity index (χ1) is 8.86. The van der Waals surface area contributed by atoms with Crippen molar-refractivity contribution in [3.8, 4) is 12.3 Å². The van der Waals surface area contributed by atoms with Crippen molar-refractivity contribution in [1.82, 2.24) is 14.9 Å². The molecule has 18 heavy (non-hydrogen) atoms. The Hall–Kier alpha value is -1.79. The van der Waals surface area contributed by atoms with E-state index in [2.05, 4.69) is 45.9 Å². The Labute approximate surface area is 108 Å². The number of aromatic nitrogens is 2. The van der Waals surface area contributed by atoms with Gasteiger partial charge in [-0.3, -0.25) is 0 Å². The average Bonchev–Trinajstić information content (AvgIpc) is 2.74. The van der Waals surface area contributed by atoms with Crippen LogP contribution in [-0.4, -0.2) is 16.1 Å². The van der Waals surface area contributed by atoms with E-state index in [9.17, 15) is 0 Å². The lowest BCUT2D eigenvalue weighted by atomic mass is 10.3. The summed E-state index contributed by atoms with van der Waals surface area (Å²) in [5, 5.41) is 3.34. The van der Waals surface area contributed by atoms with E-state index < -0.39 is 0 Å². The first-order valence-electron chi connectivity index (χ1n) is 6.45. The second kappa shape index (κ2) is 6.23. The minimum atomic E-state index is 0.758. The van der Waals surface area contributed by atoms with Gasteiger partial charge in [0.2, 0.25) is 0 Å². The molecule has 0 saturated heterocycles. The van der Waals surface area contributed by atoms with Gasteiger partial charge in [-0.25, -0.2) is 4.98 Å². The molecule has 1 heterocycles. The van der Waals surface area contributed by atoms with Crippen molar-refractivity contribution in [3.63, 3.8) is 0 Å². The summed E-state index contributed by atoms with van der Waals surface area (Å²) in [4.78, 5) is 4.68. The van der Waals surface area contributed by atoms with E-state index in [1.807, 2.05) is 6.07 Å². The molecule has 2 rings (SSSR count). The number of hydrogen-bond acceptors (Lipinski definition) is 2. The summed E-state index contributed by atoms with van der Waals surface area (Å²) in [6.45, 7) is 4.80. The molecule has 0 spiro atoms. The molecule has 0 bridgehead atoms. The van der Waals surface area contributed by atoms with Crippen LogP contribution in [0.3, 0.4) is 0 Å². The Bertz CT molecular complexity index is 548. The zero-order valence-corrected chi connectivity index (χ0v) is 10.8. The Balaban J connectivity index is 2.20. The first-order valence-corrected chi connectivity index (χ1v) is 6.45. The van der Waals surface area contributed by atoms with Gasteiger partial charge in [0.05, 0.1) is 17.6 Å². The monoisotopic (exact) mass is 241 g/mol. The minimum absolute atomic E-state index is 0.758. The molecule has 2 aromatic rings. The maximum absolute atomic E-state index is 5.24. The van der Waals surface area contributed by atoms with Crippen molar-refractivity contribution in [2.75, 3.05) is 6.54 Å². The molecule has 0 atom stereocenters. The summed E-state index contributed by atoms with van der Waals surface area (Å²) < 4.78 is 2.29. The van der Waals surface area contributed by atoms with Crippen molar-refractivity contribution in [2.45, 2.75) is 32.9 Å². The van der Waals surface area contributed by atoms with Crippen molar-refractivity contribution in [2.24, 2.45) is 0 Å². The molecule has 0 aliphatic rings. The number of hydrogen-bond donors (Lipinski definition) is 1. The molecular weight excluding hydrogens is 222 g/mol. The van der Waals surface area contributed by atoms with Crippen LogP contribution in [0.1, 0.15) is 25.6 Å². The first kappa shape index (κ1) is 12.7. The van der Waals surface area contributed by atoms with Crippen molar-refractivity contribution < 1.29 is 0 Å². The van der Waals surface area contributed by atoms with Crippen molar-refractivity contribution in [1.29, 1.82) is 0 Å². The smallest absolute Gasteiger partial charge is 0.123 e. The normalized spacial score (nSPS) is 10.7. The Morgan fingerprint density at radius 3 is 3.00 bits per heavy atom. The zero-order valence-electron chi connectivity index (χ0n) is 10.8. The third-order valence-corrected chi connectivity index (χ3v) is 2.91. The van der Waals surface area contributed by atoms with Crippen molar-refractivity contribution >= 4 is 11.0 Å². The van der Waals surface area contributed by atoms with E-state index >= 15 is 0 Å².